The van der Waals surface area contributed by atoms with Crippen molar-refractivity contribution in [3.63, 3.8) is 0 Å². The molecular weight excluding hydrogens is 396 g/mol. The number of carbonyl (C=O) groups excluding carboxylic acids is 2. The molecule has 10 nitrogen and oxygen atoms in total. The number of benzene rings is 1. The van der Waals surface area contributed by atoms with Crippen molar-refractivity contribution in [2.45, 2.75) is 12.3 Å². The maximum atomic E-state index is 12.7. The van der Waals surface area contributed by atoms with Crippen molar-refractivity contribution in [2.24, 2.45) is 5.73 Å². The van der Waals surface area contributed by atoms with Crippen molar-refractivity contribution in [3.8, 4) is 23.3 Å². The van der Waals surface area contributed by atoms with E-state index in [0.29, 0.717) is 22.8 Å². The van der Waals surface area contributed by atoms with Crippen molar-refractivity contribution in [3.05, 3.63) is 40.5 Å². The summed E-state index contributed by atoms with van der Waals surface area (Å²) in [6.45, 7) is 0. The van der Waals surface area contributed by atoms with Crippen LogP contribution in [-0.2, 0) is 23.8 Å². The molecule has 0 aromatic heterocycles. The predicted molar refractivity (Wildman–Crippen MR) is 102 cm³/mol. The van der Waals surface area contributed by atoms with E-state index in [2.05, 4.69) is 4.74 Å². The summed E-state index contributed by atoms with van der Waals surface area (Å²) in [5.41, 5.74) is 6.16. The Labute approximate surface area is 173 Å². The van der Waals surface area contributed by atoms with Crippen LogP contribution in [0, 0.1) is 11.3 Å². The number of carbonyl (C=O) groups is 2. The highest BCUT2D eigenvalue weighted by Gasteiger charge is 2.40. The molecule has 2 rings (SSSR count). The zero-order chi connectivity index (χ0) is 22.4. The third-order valence-electron chi connectivity index (χ3n) is 4.48. The van der Waals surface area contributed by atoms with Gasteiger partial charge in [0.2, 0.25) is 5.88 Å². The summed E-state index contributed by atoms with van der Waals surface area (Å²) in [5, 5.41) is 9.74. The fourth-order valence-electron chi connectivity index (χ4n) is 3.08. The van der Waals surface area contributed by atoms with Gasteiger partial charge in [-0.05, 0) is 6.07 Å². The molecule has 1 heterocycles. The van der Waals surface area contributed by atoms with Gasteiger partial charge < -0.3 is 34.2 Å². The van der Waals surface area contributed by atoms with Gasteiger partial charge in [0.1, 0.15) is 29.6 Å². The van der Waals surface area contributed by atoms with Crippen LogP contribution in [0.25, 0.3) is 0 Å². The number of ether oxygens (including phenoxy) is 6. The molecule has 0 spiro atoms. The second-order valence-corrected chi connectivity index (χ2v) is 5.96. The lowest BCUT2D eigenvalue weighted by Crippen LogP contribution is -2.27. The summed E-state index contributed by atoms with van der Waals surface area (Å²) >= 11 is 0. The summed E-state index contributed by atoms with van der Waals surface area (Å²) in [7, 11) is 6.67. The van der Waals surface area contributed by atoms with Crippen LogP contribution in [-0.4, -0.2) is 47.5 Å². The molecule has 0 saturated carbocycles. The van der Waals surface area contributed by atoms with Gasteiger partial charge in [0, 0.05) is 11.6 Å². The summed E-state index contributed by atoms with van der Waals surface area (Å²) < 4.78 is 31.1. The molecule has 160 valence electrons. The number of nitrogens with zero attached hydrogens (tertiary/aromatic N) is 1. The summed E-state index contributed by atoms with van der Waals surface area (Å²) in [5.74, 6) is -1.88. The first-order valence-corrected chi connectivity index (χ1v) is 8.62. The van der Waals surface area contributed by atoms with Crippen LogP contribution in [0.4, 0.5) is 0 Å². The van der Waals surface area contributed by atoms with E-state index >= 15 is 0 Å². The van der Waals surface area contributed by atoms with Gasteiger partial charge in [-0.25, -0.2) is 4.79 Å². The summed E-state index contributed by atoms with van der Waals surface area (Å²) in [4.78, 5) is 24.6. The Hall–Kier alpha value is -3.87. The zero-order valence-electron chi connectivity index (χ0n) is 17.2. The van der Waals surface area contributed by atoms with Gasteiger partial charge in [0.05, 0.1) is 47.0 Å². The normalized spacial score (nSPS) is 15.7. The van der Waals surface area contributed by atoms with E-state index in [1.54, 1.807) is 12.1 Å². The lowest BCUT2D eigenvalue weighted by molar-refractivity contribution is -0.140. The minimum Gasteiger partial charge on any atom is -0.496 e. The van der Waals surface area contributed by atoms with Gasteiger partial charge >= 0.3 is 11.9 Å². The molecular formula is C20H22N2O8. The van der Waals surface area contributed by atoms with Crippen LogP contribution in [0.1, 0.15) is 17.9 Å². The monoisotopic (exact) mass is 418 g/mol. The number of rotatable bonds is 7. The number of allylic oxidation sites excluding steroid dienone is 1. The Morgan fingerprint density at radius 3 is 2.13 bits per heavy atom. The molecule has 1 aromatic carbocycles. The van der Waals surface area contributed by atoms with Crippen LogP contribution < -0.4 is 19.9 Å². The van der Waals surface area contributed by atoms with Crippen molar-refractivity contribution >= 4 is 11.9 Å². The molecule has 1 atom stereocenters. The number of methoxy groups -OCH3 is 5. The van der Waals surface area contributed by atoms with E-state index in [4.69, 9.17) is 29.4 Å². The standard InChI is InChI=1S/C20H22N2O8/c1-25-12-7-14(27-3)13(26-2)6-10(12)17-11(9-21)19(22)30-15(8-16(23)28-4)18(17)20(24)29-5/h6-7,17H,8,22H2,1-5H3. The molecule has 0 amide bonds. The van der Waals surface area contributed by atoms with Crippen LogP contribution >= 0.6 is 0 Å². The Kier molecular flexibility index (Phi) is 7.14. The summed E-state index contributed by atoms with van der Waals surface area (Å²) in [6.07, 6.45) is -0.396. The van der Waals surface area contributed by atoms with E-state index in [1.165, 1.54) is 35.5 Å². The molecule has 10 heteroatoms. The molecule has 2 N–H and O–H groups in total. The van der Waals surface area contributed by atoms with Crippen LogP contribution in [0.2, 0.25) is 0 Å². The fraction of sp³-hybridized carbons (Fsp3) is 0.350. The highest BCUT2D eigenvalue weighted by atomic mass is 16.5. The molecule has 30 heavy (non-hydrogen) atoms. The Bertz CT molecular complexity index is 958. The fourth-order valence-corrected chi connectivity index (χ4v) is 3.08. The minimum absolute atomic E-state index is 0.0606. The summed E-state index contributed by atoms with van der Waals surface area (Å²) in [6, 6.07) is 5.06. The van der Waals surface area contributed by atoms with Crippen molar-refractivity contribution < 1.29 is 38.0 Å². The average Bonchev–Trinajstić information content (AvgIpc) is 2.76. The zero-order valence-corrected chi connectivity index (χ0v) is 17.2. The van der Waals surface area contributed by atoms with Crippen LogP contribution in [0.3, 0.4) is 0 Å². The lowest BCUT2D eigenvalue weighted by Gasteiger charge is -2.29. The predicted octanol–water partition coefficient (Wildman–Crippen LogP) is 1.51. The van der Waals surface area contributed by atoms with Gasteiger partial charge in [0.15, 0.2) is 11.5 Å². The van der Waals surface area contributed by atoms with Gasteiger partial charge in [-0.2, -0.15) is 5.26 Å². The highest BCUT2D eigenvalue weighted by Crippen LogP contribution is 2.47. The highest BCUT2D eigenvalue weighted by molar-refractivity contribution is 5.94. The maximum Gasteiger partial charge on any atom is 0.338 e. The van der Waals surface area contributed by atoms with Crippen molar-refractivity contribution in [1.82, 2.24) is 0 Å². The second kappa shape index (κ2) is 9.56. The smallest absolute Gasteiger partial charge is 0.338 e. The molecule has 1 aromatic rings. The average molecular weight is 418 g/mol. The van der Waals surface area contributed by atoms with Gasteiger partial charge in [0.25, 0.3) is 0 Å². The largest absolute Gasteiger partial charge is 0.496 e. The van der Waals surface area contributed by atoms with E-state index in [1.807, 2.05) is 6.07 Å². The molecule has 0 bridgehead atoms. The second-order valence-electron chi connectivity index (χ2n) is 5.96. The van der Waals surface area contributed by atoms with E-state index in [9.17, 15) is 14.9 Å². The number of nitrogens with two attached hydrogens (primary N) is 1. The molecule has 1 unspecified atom stereocenters. The minimum atomic E-state index is -1.05. The Morgan fingerprint density at radius 2 is 1.63 bits per heavy atom. The Morgan fingerprint density at radius 1 is 1.03 bits per heavy atom. The Balaban J connectivity index is 2.85. The number of esters is 2. The number of nitriles is 1. The molecule has 1 aliphatic rings. The topological polar surface area (TPSA) is 139 Å². The number of hydrogen-bond acceptors (Lipinski definition) is 10. The molecule has 0 saturated heterocycles. The lowest BCUT2D eigenvalue weighted by atomic mass is 9.82. The van der Waals surface area contributed by atoms with Gasteiger partial charge in [-0.1, -0.05) is 0 Å². The first kappa shape index (κ1) is 22.4. The number of hydrogen-bond donors (Lipinski definition) is 1. The first-order valence-electron chi connectivity index (χ1n) is 8.62. The third kappa shape index (κ3) is 4.10. The van der Waals surface area contributed by atoms with Crippen LogP contribution in [0.15, 0.2) is 34.9 Å². The van der Waals surface area contributed by atoms with Crippen LogP contribution in [0.5, 0.6) is 17.2 Å². The van der Waals surface area contributed by atoms with E-state index < -0.39 is 24.3 Å². The first-order chi connectivity index (χ1) is 14.4. The van der Waals surface area contributed by atoms with Gasteiger partial charge in [-0.15, -0.1) is 0 Å². The quantitative estimate of drug-likeness (QED) is 0.648. The molecule has 0 aliphatic carbocycles. The third-order valence-corrected chi connectivity index (χ3v) is 4.48. The maximum absolute atomic E-state index is 12.7. The molecule has 1 aliphatic heterocycles. The van der Waals surface area contributed by atoms with E-state index in [0.717, 1.165) is 0 Å². The van der Waals surface area contributed by atoms with E-state index in [-0.39, 0.29) is 22.8 Å². The van der Waals surface area contributed by atoms with Crippen molar-refractivity contribution in [2.75, 3.05) is 35.5 Å². The SMILES string of the molecule is COC(=O)CC1=C(C(=O)OC)C(c2cc(OC)c(OC)cc2OC)C(C#N)=C(N)O1. The molecule has 0 fully saturated rings. The van der Waals surface area contributed by atoms with Gasteiger partial charge in [-0.3, -0.25) is 4.79 Å². The van der Waals surface area contributed by atoms with Crippen molar-refractivity contribution in [1.29, 1.82) is 5.26 Å². The molecule has 0 radical (unpaired) electrons.